The molecule has 2 amide bonds. The standard InChI is InChI=1S/C39H50N4O5S/c1-5-30(4)22-39(46)43(41-38(45)26-40-25-32-16-10-7-11-17-32)36(23-31-14-8-6-9-15-31)37(44)28-42(27-29(2)3)49(47,48)35-21-20-33-18-12-13-19-34(33)24-35/h6-21,24,29-30,36-37,40,44H,5,22-23,25-28H2,1-4H3,(H,41,45)/t30-,36-,37+/m0/s1. The fourth-order valence-electron chi connectivity index (χ4n) is 5.70. The SMILES string of the molecule is CC[C@H](C)CC(=O)N(NC(=O)CNCc1ccccc1)[C@@H](Cc1ccccc1)[C@H](O)CN(CC(C)C)S(=O)(=O)c1ccc2ccccc2c1. The zero-order valence-electron chi connectivity index (χ0n) is 29.0. The van der Waals surface area contributed by atoms with Crippen LogP contribution in [0, 0.1) is 11.8 Å². The van der Waals surface area contributed by atoms with Crippen LogP contribution in [0.3, 0.4) is 0 Å². The lowest BCUT2D eigenvalue weighted by atomic mass is 9.98. The smallest absolute Gasteiger partial charge is 0.252 e. The van der Waals surface area contributed by atoms with E-state index in [4.69, 9.17) is 0 Å². The minimum atomic E-state index is -4.05. The Morgan fingerprint density at radius 1 is 0.796 bits per heavy atom. The van der Waals surface area contributed by atoms with E-state index in [0.29, 0.717) is 6.54 Å². The number of aliphatic hydroxyl groups is 1. The first kappa shape index (κ1) is 37.7. The lowest BCUT2D eigenvalue weighted by Crippen LogP contribution is -2.60. The second kappa shape index (κ2) is 18.1. The van der Waals surface area contributed by atoms with Crippen molar-refractivity contribution in [2.24, 2.45) is 11.8 Å². The van der Waals surface area contributed by atoms with Gasteiger partial charge in [0.05, 0.1) is 23.6 Å². The minimum absolute atomic E-state index is 0.0309. The number of hydrazine groups is 1. The van der Waals surface area contributed by atoms with Crippen molar-refractivity contribution >= 4 is 32.6 Å². The van der Waals surface area contributed by atoms with Crippen LogP contribution in [0.4, 0.5) is 0 Å². The Hall–Kier alpha value is -4.09. The number of hydrogen-bond acceptors (Lipinski definition) is 6. The van der Waals surface area contributed by atoms with Crippen LogP contribution in [-0.4, -0.2) is 66.4 Å². The van der Waals surface area contributed by atoms with Crippen molar-refractivity contribution in [3.05, 3.63) is 114 Å². The Morgan fingerprint density at radius 2 is 1.41 bits per heavy atom. The molecule has 3 N–H and O–H groups in total. The summed E-state index contributed by atoms with van der Waals surface area (Å²) in [5, 5.41) is 18.1. The number of carbonyl (C=O) groups excluding carboxylic acids is 2. The number of amides is 2. The highest BCUT2D eigenvalue weighted by atomic mass is 32.2. The Morgan fingerprint density at radius 3 is 2.04 bits per heavy atom. The van der Waals surface area contributed by atoms with E-state index in [0.717, 1.165) is 28.3 Å². The maximum Gasteiger partial charge on any atom is 0.252 e. The van der Waals surface area contributed by atoms with Gasteiger partial charge in [0.2, 0.25) is 15.9 Å². The lowest BCUT2D eigenvalue weighted by Gasteiger charge is -2.37. The van der Waals surface area contributed by atoms with Crippen molar-refractivity contribution in [2.75, 3.05) is 19.6 Å². The Balaban J connectivity index is 1.65. The molecule has 0 aliphatic heterocycles. The summed E-state index contributed by atoms with van der Waals surface area (Å²) in [5.41, 5.74) is 4.63. The quantitative estimate of drug-likeness (QED) is 0.126. The number of nitrogens with zero attached hydrogens (tertiary/aromatic N) is 2. The molecule has 0 aliphatic rings. The van der Waals surface area contributed by atoms with Gasteiger partial charge in [0.1, 0.15) is 0 Å². The van der Waals surface area contributed by atoms with Crippen LogP contribution >= 0.6 is 0 Å². The summed E-state index contributed by atoms with van der Waals surface area (Å²) in [6.07, 6.45) is -0.244. The molecule has 0 radical (unpaired) electrons. The lowest BCUT2D eigenvalue weighted by molar-refractivity contribution is -0.148. The van der Waals surface area contributed by atoms with E-state index in [1.807, 2.05) is 113 Å². The van der Waals surface area contributed by atoms with Gasteiger partial charge in [-0.15, -0.1) is 0 Å². The topological polar surface area (TPSA) is 119 Å². The van der Waals surface area contributed by atoms with Crippen LogP contribution in [-0.2, 0) is 32.6 Å². The maximum absolute atomic E-state index is 14.2. The average molecular weight is 687 g/mol. The van der Waals surface area contributed by atoms with Crippen molar-refractivity contribution in [1.29, 1.82) is 0 Å². The third-order valence-corrected chi connectivity index (χ3v) is 10.4. The second-order valence-corrected chi connectivity index (χ2v) is 15.1. The highest BCUT2D eigenvalue weighted by Crippen LogP contribution is 2.25. The molecular weight excluding hydrogens is 637 g/mol. The second-order valence-electron chi connectivity index (χ2n) is 13.2. The molecule has 0 unspecified atom stereocenters. The predicted octanol–water partition coefficient (Wildman–Crippen LogP) is 5.54. The maximum atomic E-state index is 14.2. The highest BCUT2D eigenvalue weighted by molar-refractivity contribution is 7.89. The Bertz CT molecular complexity index is 1750. The van der Waals surface area contributed by atoms with Crippen LogP contribution in [0.15, 0.2) is 108 Å². The summed E-state index contributed by atoms with van der Waals surface area (Å²) in [6, 6.07) is 30.7. The van der Waals surface area contributed by atoms with Crippen LogP contribution in [0.2, 0.25) is 0 Å². The van der Waals surface area contributed by atoms with Crippen molar-refractivity contribution in [1.82, 2.24) is 20.1 Å². The highest BCUT2D eigenvalue weighted by Gasteiger charge is 2.36. The van der Waals surface area contributed by atoms with Gasteiger partial charge in [-0.3, -0.25) is 15.0 Å². The largest absolute Gasteiger partial charge is 0.390 e. The molecule has 0 fully saturated rings. The van der Waals surface area contributed by atoms with Gasteiger partial charge in [0.25, 0.3) is 5.91 Å². The number of fused-ring (bicyclic) bond motifs is 1. The van der Waals surface area contributed by atoms with Gasteiger partial charge < -0.3 is 10.4 Å². The number of aliphatic hydroxyl groups excluding tert-OH is 1. The van der Waals surface area contributed by atoms with E-state index < -0.39 is 28.1 Å². The summed E-state index contributed by atoms with van der Waals surface area (Å²) in [6.45, 7) is 8.06. The van der Waals surface area contributed by atoms with Gasteiger partial charge in [-0.05, 0) is 52.3 Å². The summed E-state index contributed by atoms with van der Waals surface area (Å²) in [4.78, 5) is 27.4. The van der Waals surface area contributed by atoms with Gasteiger partial charge in [0.15, 0.2) is 0 Å². The van der Waals surface area contributed by atoms with E-state index in [2.05, 4.69) is 10.7 Å². The number of benzene rings is 4. The molecule has 262 valence electrons. The molecule has 0 heterocycles. The Kier molecular flexibility index (Phi) is 13.9. The van der Waals surface area contributed by atoms with Crippen molar-refractivity contribution in [2.45, 2.75) is 70.5 Å². The minimum Gasteiger partial charge on any atom is -0.390 e. The van der Waals surface area contributed by atoms with Gasteiger partial charge in [0, 0.05) is 26.1 Å². The molecule has 10 heteroatoms. The fourth-order valence-corrected chi connectivity index (χ4v) is 7.36. The number of nitrogens with one attached hydrogen (secondary N) is 2. The van der Waals surface area contributed by atoms with E-state index in [1.165, 1.54) is 9.31 Å². The molecule has 4 rings (SSSR count). The third-order valence-electron chi connectivity index (χ3n) is 8.57. The molecule has 3 atom stereocenters. The van der Waals surface area contributed by atoms with Crippen molar-refractivity contribution < 1.29 is 23.1 Å². The third kappa shape index (κ3) is 11.0. The molecule has 9 nitrogen and oxygen atoms in total. The molecular formula is C39H50N4O5S. The van der Waals surface area contributed by atoms with Crippen molar-refractivity contribution in [3.63, 3.8) is 0 Å². The summed E-state index contributed by atoms with van der Waals surface area (Å²) in [5.74, 6) is -0.808. The normalized spacial score (nSPS) is 13.7. The van der Waals surface area contributed by atoms with Crippen molar-refractivity contribution in [3.8, 4) is 0 Å². The summed E-state index contributed by atoms with van der Waals surface area (Å²) >= 11 is 0. The van der Waals surface area contributed by atoms with E-state index in [9.17, 15) is 23.1 Å². The van der Waals surface area contributed by atoms with Gasteiger partial charge in [-0.2, -0.15) is 4.31 Å². The zero-order chi connectivity index (χ0) is 35.4. The molecule has 0 saturated carbocycles. The summed E-state index contributed by atoms with van der Waals surface area (Å²) in [7, 11) is -4.05. The first-order valence-electron chi connectivity index (χ1n) is 17.0. The Labute approximate surface area is 291 Å². The first-order chi connectivity index (χ1) is 23.5. The zero-order valence-corrected chi connectivity index (χ0v) is 29.8. The number of hydrogen-bond donors (Lipinski definition) is 3. The molecule has 4 aromatic carbocycles. The van der Waals surface area contributed by atoms with Crippen LogP contribution in [0.1, 0.15) is 51.7 Å². The summed E-state index contributed by atoms with van der Waals surface area (Å²) < 4.78 is 29.7. The van der Waals surface area contributed by atoms with Gasteiger partial charge >= 0.3 is 0 Å². The molecule has 49 heavy (non-hydrogen) atoms. The molecule has 0 spiro atoms. The molecule has 0 bridgehead atoms. The number of rotatable bonds is 17. The molecule has 4 aromatic rings. The van der Waals surface area contributed by atoms with Crippen LogP contribution < -0.4 is 10.7 Å². The van der Waals surface area contributed by atoms with Crippen LogP contribution in [0.5, 0.6) is 0 Å². The van der Waals surface area contributed by atoms with E-state index in [1.54, 1.807) is 18.2 Å². The molecule has 0 saturated heterocycles. The van der Waals surface area contributed by atoms with Gasteiger partial charge in [-0.1, -0.05) is 125 Å². The first-order valence-corrected chi connectivity index (χ1v) is 18.5. The van der Waals surface area contributed by atoms with Gasteiger partial charge in [-0.25, -0.2) is 13.4 Å². The average Bonchev–Trinajstić information content (AvgIpc) is 3.09. The molecule has 0 aromatic heterocycles. The van der Waals surface area contributed by atoms with E-state index in [-0.39, 0.29) is 55.1 Å². The molecule has 0 aliphatic carbocycles. The predicted molar refractivity (Wildman–Crippen MR) is 195 cm³/mol. The number of sulfonamides is 1. The van der Waals surface area contributed by atoms with Crippen LogP contribution in [0.25, 0.3) is 10.8 Å². The van der Waals surface area contributed by atoms with E-state index >= 15 is 0 Å². The fraction of sp³-hybridized carbons (Fsp3) is 0.385. The monoisotopic (exact) mass is 686 g/mol. The number of carbonyl (C=O) groups is 2.